The van der Waals surface area contributed by atoms with Crippen LogP contribution in [0.3, 0.4) is 0 Å². The lowest BCUT2D eigenvalue weighted by Gasteiger charge is -2.32. The predicted molar refractivity (Wildman–Crippen MR) is 108 cm³/mol. The third-order valence-corrected chi connectivity index (χ3v) is 5.96. The van der Waals surface area contributed by atoms with Gasteiger partial charge in [0.2, 0.25) is 5.91 Å². The SMILES string of the molecule is Cc1ccccc1[C@H]1S[C@H](C)C(=O)N1CCN(C(=O)NC(C)C)C(C)C. The molecule has 1 saturated heterocycles. The number of carbonyl (C=O) groups is 2. The molecule has 1 N–H and O–H groups in total. The van der Waals surface area contributed by atoms with Gasteiger partial charge >= 0.3 is 6.03 Å². The molecule has 0 bridgehead atoms. The molecule has 2 atom stereocenters. The number of aryl methyl sites for hydroxylation is 1. The van der Waals surface area contributed by atoms with Crippen LogP contribution in [-0.4, -0.2) is 52.2 Å². The highest BCUT2D eigenvalue weighted by Gasteiger charge is 2.39. The highest BCUT2D eigenvalue weighted by molar-refractivity contribution is 8.01. The Balaban J connectivity index is 2.15. The summed E-state index contributed by atoms with van der Waals surface area (Å²) in [6.45, 7) is 13.0. The van der Waals surface area contributed by atoms with Crippen molar-refractivity contribution in [2.75, 3.05) is 13.1 Å². The van der Waals surface area contributed by atoms with Gasteiger partial charge in [-0.25, -0.2) is 4.79 Å². The summed E-state index contributed by atoms with van der Waals surface area (Å²) < 4.78 is 0. The number of urea groups is 1. The fourth-order valence-corrected chi connectivity index (χ4v) is 4.55. The van der Waals surface area contributed by atoms with E-state index in [9.17, 15) is 9.59 Å². The Morgan fingerprint density at radius 2 is 1.92 bits per heavy atom. The number of hydrogen-bond acceptors (Lipinski definition) is 3. The highest BCUT2D eigenvalue weighted by atomic mass is 32.2. The molecule has 0 spiro atoms. The lowest BCUT2D eigenvalue weighted by Crippen LogP contribution is -2.49. The molecule has 1 fully saturated rings. The van der Waals surface area contributed by atoms with Crippen LogP contribution in [0, 0.1) is 6.92 Å². The molecular formula is C20H31N3O2S. The minimum absolute atomic E-state index is 0.0147. The van der Waals surface area contributed by atoms with E-state index in [1.165, 1.54) is 11.1 Å². The highest BCUT2D eigenvalue weighted by Crippen LogP contribution is 2.43. The summed E-state index contributed by atoms with van der Waals surface area (Å²) in [7, 11) is 0. The number of thioether (sulfide) groups is 1. The van der Waals surface area contributed by atoms with Crippen molar-refractivity contribution in [3.05, 3.63) is 35.4 Å². The molecule has 0 aromatic heterocycles. The summed E-state index contributed by atoms with van der Waals surface area (Å²) in [6.07, 6.45) is 0. The van der Waals surface area contributed by atoms with Gasteiger partial charge in [-0.1, -0.05) is 24.3 Å². The lowest BCUT2D eigenvalue weighted by atomic mass is 10.1. The van der Waals surface area contributed by atoms with Crippen LogP contribution < -0.4 is 5.32 Å². The molecule has 1 aromatic carbocycles. The molecule has 0 aliphatic carbocycles. The zero-order chi connectivity index (χ0) is 19.4. The van der Waals surface area contributed by atoms with Gasteiger partial charge in [-0.05, 0) is 52.7 Å². The molecule has 6 heteroatoms. The number of nitrogens with one attached hydrogen (secondary N) is 1. The Morgan fingerprint density at radius 1 is 1.27 bits per heavy atom. The second-order valence-electron chi connectivity index (χ2n) is 7.41. The van der Waals surface area contributed by atoms with Crippen LogP contribution in [0.5, 0.6) is 0 Å². The molecule has 0 saturated carbocycles. The van der Waals surface area contributed by atoms with Gasteiger partial charge in [0.1, 0.15) is 5.37 Å². The second kappa shape index (κ2) is 8.80. The van der Waals surface area contributed by atoms with Crippen LogP contribution in [0.4, 0.5) is 4.79 Å². The van der Waals surface area contributed by atoms with Gasteiger partial charge in [0.15, 0.2) is 0 Å². The second-order valence-corrected chi connectivity index (χ2v) is 8.84. The van der Waals surface area contributed by atoms with Crippen LogP contribution >= 0.6 is 11.8 Å². The molecule has 2 rings (SSSR count). The summed E-state index contributed by atoms with van der Waals surface area (Å²) in [5, 5.41) is 2.91. The first kappa shape index (κ1) is 20.6. The topological polar surface area (TPSA) is 52.7 Å². The maximum Gasteiger partial charge on any atom is 0.317 e. The van der Waals surface area contributed by atoms with Gasteiger partial charge in [-0.2, -0.15) is 0 Å². The van der Waals surface area contributed by atoms with Gasteiger partial charge in [-0.3, -0.25) is 4.79 Å². The largest absolute Gasteiger partial charge is 0.336 e. The summed E-state index contributed by atoms with van der Waals surface area (Å²) in [4.78, 5) is 28.9. The first-order chi connectivity index (χ1) is 12.2. The number of rotatable bonds is 6. The maximum atomic E-state index is 12.7. The van der Waals surface area contributed by atoms with Crippen molar-refractivity contribution in [1.29, 1.82) is 0 Å². The Hall–Kier alpha value is -1.69. The molecular weight excluding hydrogens is 346 g/mol. The molecule has 26 heavy (non-hydrogen) atoms. The van der Waals surface area contributed by atoms with E-state index in [-0.39, 0.29) is 34.6 Å². The molecule has 0 radical (unpaired) electrons. The van der Waals surface area contributed by atoms with E-state index in [1.54, 1.807) is 16.7 Å². The van der Waals surface area contributed by atoms with Crippen LogP contribution in [-0.2, 0) is 4.79 Å². The van der Waals surface area contributed by atoms with Gasteiger partial charge in [0.25, 0.3) is 0 Å². The summed E-state index contributed by atoms with van der Waals surface area (Å²) in [5.41, 5.74) is 2.37. The third kappa shape index (κ3) is 4.72. The van der Waals surface area contributed by atoms with Gasteiger partial charge < -0.3 is 15.1 Å². The van der Waals surface area contributed by atoms with Gasteiger partial charge in [0, 0.05) is 25.2 Å². The molecule has 5 nitrogen and oxygen atoms in total. The van der Waals surface area contributed by atoms with E-state index in [1.807, 2.05) is 51.7 Å². The van der Waals surface area contributed by atoms with Crippen LogP contribution in [0.1, 0.15) is 51.1 Å². The molecule has 1 aliphatic rings. The monoisotopic (exact) mass is 377 g/mol. The molecule has 3 amide bonds. The number of hydrogen-bond donors (Lipinski definition) is 1. The molecule has 1 aliphatic heterocycles. The van der Waals surface area contributed by atoms with Crippen molar-refractivity contribution in [1.82, 2.24) is 15.1 Å². The number of benzene rings is 1. The van der Waals surface area contributed by atoms with Gasteiger partial charge in [0.05, 0.1) is 5.25 Å². The van der Waals surface area contributed by atoms with Crippen molar-refractivity contribution in [2.24, 2.45) is 0 Å². The van der Waals surface area contributed by atoms with E-state index in [4.69, 9.17) is 0 Å². The van der Waals surface area contributed by atoms with E-state index in [0.29, 0.717) is 13.1 Å². The Morgan fingerprint density at radius 3 is 2.50 bits per heavy atom. The van der Waals surface area contributed by atoms with Gasteiger partial charge in [-0.15, -0.1) is 11.8 Å². The Bertz CT molecular complexity index is 648. The first-order valence-electron chi connectivity index (χ1n) is 9.31. The number of amides is 3. The van der Waals surface area contributed by atoms with Crippen molar-refractivity contribution >= 4 is 23.7 Å². The van der Waals surface area contributed by atoms with E-state index < -0.39 is 0 Å². The van der Waals surface area contributed by atoms with Crippen LogP contribution in [0.15, 0.2) is 24.3 Å². The fourth-order valence-electron chi connectivity index (χ4n) is 3.15. The fraction of sp³-hybridized carbons (Fsp3) is 0.600. The quantitative estimate of drug-likeness (QED) is 0.821. The molecule has 1 aromatic rings. The normalized spacial score (nSPS) is 20.2. The van der Waals surface area contributed by atoms with Crippen LogP contribution in [0.2, 0.25) is 0 Å². The maximum absolute atomic E-state index is 12.7. The Kier molecular flexibility index (Phi) is 6.98. The lowest BCUT2D eigenvalue weighted by molar-refractivity contribution is -0.130. The zero-order valence-corrected chi connectivity index (χ0v) is 17.5. The van der Waals surface area contributed by atoms with Crippen molar-refractivity contribution in [3.8, 4) is 0 Å². The zero-order valence-electron chi connectivity index (χ0n) is 16.7. The number of nitrogens with zero attached hydrogens (tertiary/aromatic N) is 2. The molecule has 0 unspecified atom stereocenters. The van der Waals surface area contributed by atoms with Crippen molar-refractivity contribution < 1.29 is 9.59 Å². The smallest absolute Gasteiger partial charge is 0.317 e. The Labute approximate surface area is 161 Å². The van der Waals surface area contributed by atoms with Crippen molar-refractivity contribution in [2.45, 2.75) is 64.2 Å². The molecule has 144 valence electrons. The minimum atomic E-state index is -0.0743. The first-order valence-corrected chi connectivity index (χ1v) is 10.2. The van der Waals surface area contributed by atoms with Crippen LogP contribution in [0.25, 0.3) is 0 Å². The van der Waals surface area contributed by atoms with E-state index in [2.05, 4.69) is 24.4 Å². The summed E-state index contributed by atoms with van der Waals surface area (Å²) in [5.74, 6) is 0.149. The minimum Gasteiger partial charge on any atom is -0.336 e. The summed E-state index contributed by atoms with van der Waals surface area (Å²) in [6, 6.07) is 8.31. The number of carbonyl (C=O) groups excluding carboxylic acids is 2. The van der Waals surface area contributed by atoms with E-state index >= 15 is 0 Å². The average molecular weight is 378 g/mol. The summed E-state index contributed by atoms with van der Waals surface area (Å²) >= 11 is 1.69. The van der Waals surface area contributed by atoms with E-state index in [0.717, 1.165) is 0 Å². The standard InChI is InChI=1S/C20H31N3O2S/c1-13(2)21-20(25)22(14(3)4)11-12-23-18(24)16(6)26-19(23)17-10-8-7-9-15(17)5/h7-10,13-14,16,19H,11-12H2,1-6H3,(H,21,25)/t16-,19-/m1/s1. The van der Waals surface area contributed by atoms with Crippen molar-refractivity contribution in [3.63, 3.8) is 0 Å². The third-order valence-electron chi connectivity index (χ3n) is 4.58. The molecule has 1 heterocycles. The average Bonchev–Trinajstić information content (AvgIpc) is 2.82. The predicted octanol–water partition coefficient (Wildman–Crippen LogP) is 3.79.